The van der Waals surface area contributed by atoms with E-state index < -0.39 is 11.8 Å². The Kier molecular flexibility index (Phi) is 3.83. The number of rotatable bonds is 3. The zero-order valence-corrected chi connectivity index (χ0v) is 8.34. The van der Waals surface area contributed by atoms with Crippen LogP contribution in [0.2, 0.25) is 5.02 Å². The highest BCUT2D eigenvalue weighted by Gasteiger charge is 2.07. The third-order valence-corrected chi connectivity index (χ3v) is 1.77. The molecule has 0 unspecified atom stereocenters. The Morgan fingerprint density at radius 1 is 1.71 bits per heavy atom. The highest BCUT2D eigenvalue weighted by Crippen LogP contribution is 2.13. The van der Waals surface area contributed by atoms with E-state index in [1.807, 2.05) is 0 Å². The summed E-state index contributed by atoms with van der Waals surface area (Å²) in [7, 11) is 0. The molecule has 76 valence electrons. The fourth-order valence-electron chi connectivity index (χ4n) is 0.910. The number of halogens is 2. The van der Waals surface area contributed by atoms with Crippen molar-refractivity contribution in [2.45, 2.75) is 13.3 Å². The molecule has 1 rings (SSSR count). The molecule has 5 heteroatoms. The van der Waals surface area contributed by atoms with E-state index >= 15 is 0 Å². The summed E-state index contributed by atoms with van der Waals surface area (Å²) >= 11 is 5.42. The van der Waals surface area contributed by atoms with E-state index in [-0.39, 0.29) is 11.4 Å². The van der Waals surface area contributed by atoms with E-state index in [4.69, 9.17) is 11.6 Å². The highest BCUT2D eigenvalue weighted by atomic mass is 35.5. The summed E-state index contributed by atoms with van der Waals surface area (Å²) in [6, 6.07) is 1.12. The molecular formula is C9H9ClFNO2. The van der Waals surface area contributed by atoms with Crippen molar-refractivity contribution >= 4 is 17.6 Å². The van der Waals surface area contributed by atoms with Crippen molar-refractivity contribution in [2.75, 3.05) is 6.61 Å². The van der Waals surface area contributed by atoms with Gasteiger partial charge in [0.25, 0.3) is 0 Å². The van der Waals surface area contributed by atoms with Crippen molar-refractivity contribution in [3.05, 3.63) is 28.8 Å². The molecule has 0 saturated carbocycles. The Morgan fingerprint density at radius 2 is 2.43 bits per heavy atom. The first-order valence-electron chi connectivity index (χ1n) is 4.09. The molecule has 0 amide bonds. The van der Waals surface area contributed by atoms with Crippen molar-refractivity contribution in [1.29, 1.82) is 0 Å². The second kappa shape index (κ2) is 4.91. The fraction of sp³-hybridized carbons (Fsp3) is 0.333. The first-order chi connectivity index (χ1) is 6.63. The lowest BCUT2D eigenvalue weighted by molar-refractivity contribution is -0.142. The maximum absolute atomic E-state index is 12.9. The summed E-state index contributed by atoms with van der Waals surface area (Å²) in [5.74, 6) is -1.01. The van der Waals surface area contributed by atoms with Gasteiger partial charge >= 0.3 is 5.97 Å². The minimum Gasteiger partial charge on any atom is -0.466 e. The standard InChI is InChI=1S/C9H9ClFNO2/c1-2-14-9(13)4-6-3-8(11)7(10)5-12-6/h3,5H,2,4H2,1H3. The molecule has 1 aromatic heterocycles. The molecule has 0 aliphatic rings. The molecule has 1 aromatic rings. The quantitative estimate of drug-likeness (QED) is 0.727. The van der Waals surface area contributed by atoms with Gasteiger partial charge in [-0.2, -0.15) is 0 Å². The lowest BCUT2D eigenvalue weighted by atomic mass is 10.3. The zero-order chi connectivity index (χ0) is 10.6. The van der Waals surface area contributed by atoms with Gasteiger partial charge in [-0.25, -0.2) is 4.39 Å². The molecule has 1 heterocycles. The summed E-state index contributed by atoms with van der Waals surface area (Å²) in [5.41, 5.74) is 0.311. The Bertz CT molecular complexity index is 344. The van der Waals surface area contributed by atoms with Crippen LogP contribution in [0.15, 0.2) is 12.3 Å². The number of esters is 1. The van der Waals surface area contributed by atoms with E-state index in [9.17, 15) is 9.18 Å². The van der Waals surface area contributed by atoms with Crippen LogP contribution in [0.5, 0.6) is 0 Å². The summed E-state index contributed by atoms with van der Waals surface area (Å²) in [5, 5.41) is -0.0578. The summed E-state index contributed by atoms with van der Waals surface area (Å²) < 4.78 is 17.6. The third kappa shape index (κ3) is 2.96. The second-order valence-corrected chi connectivity index (χ2v) is 2.98. The van der Waals surface area contributed by atoms with Gasteiger partial charge in [-0.15, -0.1) is 0 Å². The van der Waals surface area contributed by atoms with Gasteiger partial charge in [0, 0.05) is 6.20 Å². The van der Waals surface area contributed by atoms with Crippen molar-refractivity contribution in [3.63, 3.8) is 0 Å². The van der Waals surface area contributed by atoms with Gasteiger partial charge < -0.3 is 4.74 Å². The number of carbonyl (C=O) groups is 1. The molecule has 0 spiro atoms. The lowest BCUT2D eigenvalue weighted by Crippen LogP contribution is -2.08. The number of aromatic nitrogens is 1. The summed E-state index contributed by atoms with van der Waals surface area (Å²) in [4.78, 5) is 14.8. The van der Waals surface area contributed by atoms with Crippen LogP contribution in [0.3, 0.4) is 0 Å². The Balaban J connectivity index is 2.68. The normalized spacial score (nSPS) is 9.93. The Hall–Kier alpha value is -1.16. The topological polar surface area (TPSA) is 39.2 Å². The van der Waals surface area contributed by atoms with Gasteiger partial charge in [0.05, 0.1) is 23.7 Å². The van der Waals surface area contributed by atoms with Crippen molar-refractivity contribution in [2.24, 2.45) is 0 Å². The molecule has 0 aliphatic carbocycles. The van der Waals surface area contributed by atoms with Crippen LogP contribution in [-0.2, 0) is 16.0 Å². The molecule has 0 bridgehead atoms. The van der Waals surface area contributed by atoms with E-state index in [1.165, 1.54) is 6.20 Å². The second-order valence-electron chi connectivity index (χ2n) is 2.57. The number of hydrogen-bond acceptors (Lipinski definition) is 3. The summed E-state index contributed by atoms with van der Waals surface area (Å²) in [6.07, 6.45) is 1.13. The molecule has 0 aliphatic heterocycles. The van der Waals surface area contributed by atoms with Crippen LogP contribution in [0.25, 0.3) is 0 Å². The largest absolute Gasteiger partial charge is 0.466 e. The van der Waals surface area contributed by atoms with E-state index in [0.717, 1.165) is 6.07 Å². The maximum atomic E-state index is 12.9. The zero-order valence-electron chi connectivity index (χ0n) is 7.59. The van der Waals surface area contributed by atoms with Crippen molar-refractivity contribution < 1.29 is 13.9 Å². The lowest BCUT2D eigenvalue weighted by Gasteiger charge is -2.01. The first-order valence-corrected chi connectivity index (χ1v) is 4.46. The molecule has 14 heavy (non-hydrogen) atoms. The number of hydrogen-bond donors (Lipinski definition) is 0. The van der Waals surface area contributed by atoms with Crippen LogP contribution < -0.4 is 0 Å². The molecule has 0 radical (unpaired) electrons. The fourth-order valence-corrected chi connectivity index (χ4v) is 1.01. The minimum absolute atomic E-state index is 0.0398. The smallest absolute Gasteiger partial charge is 0.311 e. The average molecular weight is 218 g/mol. The van der Waals surface area contributed by atoms with Crippen molar-refractivity contribution in [3.8, 4) is 0 Å². The number of nitrogens with zero attached hydrogens (tertiary/aromatic N) is 1. The number of ether oxygens (including phenoxy) is 1. The molecule has 3 nitrogen and oxygen atoms in total. The number of carbonyl (C=O) groups excluding carboxylic acids is 1. The average Bonchev–Trinajstić information content (AvgIpc) is 2.12. The predicted molar refractivity (Wildman–Crippen MR) is 49.5 cm³/mol. The van der Waals surface area contributed by atoms with Crippen LogP contribution in [0.1, 0.15) is 12.6 Å². The van der Waals surface area contributed by atoms with Gasteiger partial charge in [0.2, 0.25) is 0 Å². The van der Waals surface area contributed by atoms with Gasteiger partial charge in [-0.1, -0.05) is 11.6 Å². The minimum atomic E-state index is -0.582. The predicted octanol–water partition coefficient (Wildman–Crippen LogP) is 1.98. The van der Waals surface area contributed by atoms with Gasteiger partial charge in [0.15, 0.2) is 0 Å². The van der Waals surface area contributed by atoms with Crippen LogP contribution in [0, 0.1) is 5.82 Å². The van der Waals surface area contributed by atoms with Gasteiger partial charge in [-0.3, -0.25) is 9.78 Å². The maximum Gasteiger partial charge on any atom is 0.311 e. The van der Waals surface area contributed by atoms with Crippen LogP contribution in [-0.4, -0.2) is 17.6 Å². The Morgan fingerprint density at radius 3 is 3.00 bits per heavy atom. The molecular weight excluding hydrogens is 209 g/mol. The monoisotopic (exact) mass is 217 g/mol. The van der Waals surface area contributed by atoms with Gasteiger partial charge in [-0.05, 0) is 13.0 Å². The van der Waals surface area contributed by atoms with E-state index in [2.05, 4.69) is 9.72 Å². The molecule has 0 atom stereocenters. The SMILES string of the molecule is CCOC(=O)Cc1cc(F)c(Cl)cn1. The van der Waals surface area contributed by atoms with Gasteiger partial charge in [0.1, 0.15) is 5.82 Å². The van der Waals surface area contributed by atoms with E-state index in [0.29, 0.717) is 12.3 Å². The third-order valence-electron chi connectivity index (χ3n) is 1.50. The van der Waals surface area contributed by atoms with Crippen LogP contribution in [0.4, 0.5) is 4.39 Å². The molecule has 0 aromatic carbocycles. The molecule has 0 saturated heterocycles. The highest BCUT2D eigenvalue weighted by molar-refractivity contribution is 6.30. The molecule has 0 N–H and O–H groups in total. The van der Waals surface area contributed by atoms with E-state index in [1.54, 1.807) is 6.92 Å². The first kappa shape index (κ1) is 10.9. The summed E-state index contributed by atoms with van der Waals surface area (Å²) in [6.45, 7) is 2.00. The van der Waals surface area contributed by atoms with Crippen molar-refractivity contribution in [1.82, 2.24) is 4.98 Å². The Labute approximate surface area is 85.9 Å². The van der Waals surface area contributed by atoms with Crippen LogP contribution >= 0.6 is 11.6 Å². The molecule has 0 fully saturated rings. The number of pyridine rings is 1.